The first-order valence-corrected chi connectivity index (χ1v) is 5.79. The Bertz CT molecular complexity index is 93.1. The molecule has 0 atom stereocenters. The second-order valence-electron chi connectivity index (χ2n) is 4.17. The summed E-state index contributed by atoms with van der Waals surface area (Å²) in [6, 6.07) is 0. The molecular formula is C11H24N2. The van der Waals surface area contributed by atoms with Crippen molar-refractivity contribution in [2.45, 2.75) is 38.5 Å². The molecular weight excluding hydrogens is 160 g/mol. The van der Waals surface area contributed by atoms with Gasteiger partial charge in [-0.05, 0) is 58.9 Å². The van der Waals surface area contributed by atoms with Crippen LogP contribution in [0.25, 0.3) is 0 Å². The van der Waals surface area contributed by atoms with Crippen molar-refractivity contribution in [1.82, 2.24) is 10.2 Å². The molecule has 2 aliphatic rings. The third-order valence-electron chi connectivity index (χ3n) is 2.79. The van der Waals surface area contributed by atoms with E-state index in [0.29, 0.717) is 0 Å². The molecule has 2 heteroatoms. The van der Waals surface area contributed by atoms with Crippen molar-refractivity contribution in [3.05, 3.63) is 0 Å². The quantitative estimate of drug-likeness (QED) is 0.618. The molecule has 13 heavy (non-hydrogen) atoms. The van der Waals surface area contributed by atoms with Crippen LogP contribution < -0.4 is 5.32 Å². The van der Waals surface area contributed by atoms with Crippen LogP contribution in [0.3, 0.4) is 0 Å². The maximum Gasteiger partial charge on any atom is -0.00218 e. The molecule has 0 bridgehead atoms. The van der Waals surface area contributed by atoms with Crippen molar-refractivity contribution >= 4 is 0 Å². The van der Waals surface area contributed by atoms with E-state index in [1.54, 1.807) is 0 Å². The van der Waals surface area contributed by atoms with Gasteiger partial charge in [0.15, 0.2) is 0 Å². The Balaban J connectivity index is 0.000000132. The van der Waals surface area contributed by atoms with Crippen molar-refractivity contribution in [3.8, 4) is 0 Å². The van der Waals surface area contributed by atoms with Gasteiger partial charge in [0.1, 0.15) is 0 Å². The Morgan fingerprint density at radius 1 is 0.769 bits per heavy atom. The van der Waals surface area contributed by atoms with Crippen LogP contribution in [0, 0.1) is 0 Å². The summed E-state index contributed by atoms with van der Waals surface area (Å²) in [5, 5.41) is 3.28. The Kier molecular flexibility index (Phi) is 6.21. The fourth-order valence-corrected chi connectivity index (χ4v) is 1.85. The summed E-state index contributed by atoms with van der Waals surface area (Å²) < 4.78 is 0. The van der Waals surface area contributed by atoms with Crippen LogP contribution in [-0.4, -0.2) is 38.1 Å². The molecule has 2 nitrogen and oxygen atoms in total. The summed E-state index contributed by atoms with van der Waals surface area (Å²) in [5.74, 6) is 0. The molecule has 2 saturated heterocycles. The third-order valence-corrected chi connectivity index (χ3v) is 2.79. The van der Waals surface area contributed by atoms with Crippen LogP contribution >= 0.6 is 0 Å². The normalized spacial score (nSPS) is 24.7. The van der Waals surface area contributed by atoms with Gasteiger partial charge in [0.05, 0.1) is 0 Å². The molecule has 0 aliphatic carbocycles. The van der Waals surface area contributed by atoms with Crippen LogP contribution in [-0.2, 0) is 0 Å². The molecule has 0 aromatic heterocycles. The van der Waals surface area contributed by atoms with Gasteiger partial charge in [-0.15, -0.1) is 0 Å². The van der Waals surface area contributed by atoms with Crippen molar-refractivity contribution in [3.63, 3.8) is 0 Å². The van der Waals surface area contributed by atoms with E-state index < -0.39 is 0 Å². The molecule has 2 aliphatic heterocycles. The lowest BCUT2D eigenvalue weighted by Crippen LogP contribution is -2.24. The first kappa shape index (κ1) is 11.0. The first-order chi connectivity index (χ1) is 6.39. The highest BCUT2D eigenvalue weighted by molar-refractivity contribution is 4.58. The van der Waals surface area contributed by atoms with Gasteiger partial charge in [-0.25, -0.2) is 0 Å². The summed E-state index contributed by atoms with van der Waals surface area (Å²) in [5.41, 5.74) is 0. The number of rotatable bonds is 0. The average molecular weight is 184 g/mol. The Morgan fingerprint density at radius 2 is 1.31 bits per heavy atom. The van der Waals surface area contributed by atoms with Crippen LogP contribution in [0.15, 0.2) is 0 Å². The third kappa shape index (κ3) is 6.05. The minimum atomic E-state index is 1.25. The van der Waals surface area contributed by atoms with Gasteiger partial charge in [-0.1, -0.05) is 12.8 Å². The van der Waals surface area contributed by atoms with Gasteiger partial charge >= 0.3 is 0 Å². The molecule has 0 radical (unpaired) electrons. The average Bonchev–Trinajstić information content (AvgIpc) is 2.22. The van der Waals surface area contributed by atoms with Crippen LogP contribution in [0.4, 0.5) is 0 Å². The standard InChI is InChI=1S/C6H13N.C5H11N/c1-7-5-3-2-4-6-7;1-2-4-6-5-3-1/h2-6H2,1H3;6H,1-5H2. The largest absolute Gasteiger partial charge is 0.317 e. The molecule has 0 spiro atoms. The molecule has 0 unspecified atom stereocenters. The number of nitrogens with one attached hydrogen (secondary N) is 1. The lowest BCUT2D eigenvalue weighted by Gasteiger charge is -2.20. The molecule has 2 rings (SSSR count). The monoisotopic (exact) mass is 184 g/mol. The molecule has 2 heterocycles. The Morgan fingerprint density at radius 3 is 1.54 bits per heavy atom. The van der Waals surface area contributed by atoms with E-state index in [1.807, 2.05) is 0 Å². The zero-order chi connectivity index (χ0) is 9.36. The predicted molar refractivity (Wildman–Crippen MR) is 58.1 cm³/mol. The van der Waals surface area contributed by atoms with Crippen molar-refractivity contribution in [2.24, 2.45) is 0 Å². The van der Waals surface area contributed by atoms with E-state index in [4.69, 9.17) is 0 Å². The lowest BCUT2D eigenvalue weighted by atomic mass is 10.1. The molecule has 0 amide bonds. The first-order valence-electron chi connectivity index (χ1n) is 5.79. The summed E-state index contributed by atoms with van der Waals surface area (Å²) in [4.78, 5) is 2.39. The van der Waals surface area contributed by atoms with E-state index in [1.165, 1.54) is 64.7 Å². The summed E-state index contributed by atoms with van der Waals surface area (Å²) in [7, 11) is 2.19. The zero-order valence-corrected chi connectivity index (χ0v) is 9.02. The zero-order valence-electron chi connectivity index (χ0n) is 9.02. The van der Waals surface area contributed by atoms with E-state index in [2.05, 4.69) is 17.3 Å². The summed E-state index contributed by atoms with van der Waals surface area (Å²) >= 11 is 0. The SMILES string of the molecule is C1CCNCC1.CN1CCCCC1. The second-order valence-corrected chi connectivity index (χ2v) is 4.17. The number of nitrogens with zero attached hydrogens (tertiary/aromatic N) is 1. The minimum absolute atomic E-state index is 1.25. The topological polar surface area (TPSA) is 15.3 Å². The number of hydrogen-bond acceptors (Lipinski definition) is 2. The number of piperidine rings is 2. The van der Waals surface area contributed by atoms with Gasteiger partial charge in [0.25, 0.3) is 0 Å². The molecule has 0 saturated carbocycles. The molecule has 0 aromatic carbocycles. The van der Waals surface area contributed by atoms with Crippen LogP contribution in [0.2, 0.25) is 0 Å². The molecule has 1 N–H and O–H groups in total. The predicted octanol–water partition coefficient (Wildman–Crippen LogP) is 1.86. The maximum atomic E-state index is 3.28. The van der Waals surface area contributed by atoms with Crippen molar-refractivity contribution in [2.75, 3.05) is 33.2 Å². The van der Waals surface area contributed by atoms with Crippen LogP contribution in [0.1, 0.15) is 38.5 Å². The Labute approximate surface area is 82.7 Å². The Hall–Kier alpha value is -0.0800. The van der Waals surface area contributed by atoms with Gasteiger partial charge < -0.3 is 10.2 Å². The van der Waals surface area contributed by atoms with E-state index >= 15 is 0 Å². The van der Waals surface area contributed by atoms with E-state index in [0.717, 1.165) is 0 Å². The van der Waals surface area contributed by atoms with Crippen molar-refractivity contribution < 1.29 is 0 Å². The van der Waals surface area contributed by atoms with Gasteiger partial charge in [0, 0.05) is 0 Å². The van der Waals surface area contributed by atoms with Gasteiger partial charge in [-0.3, -0.25) is 0 Å². The number of likely N-dealkylation sites (tertiary alicyclic amines) is 1. The highest BCUT2D eigenvalue weighted by Gasteiger charge is 2.02. The minimum Gasteiger partial charge on any atom is -0.317 e. The second kappa shape index (κ2) is 7.34. The maximum absolute atomic E-state index is 3.28. The van der Waals surface area contributed by atoms with Gasteiger partial charge in [0.2, 0.25) is 0 Å². The lowest BCUT2D eigenvalue weighted by molar-refractivity contribution is 0.277. The molecule has 78 valence electrons. The smallest absolute Gasteiger partial charge is 0.00218 e. The summed E-state index contributed by atoms with van der Waals surface area (Å²) in [6.45, 7) is 5.14. The van der Waals surface area contributed by atoms with Crippen LogP contribution in [0.5, 0.6) is 0 Å². The van der Waals surface area contributed by atoms with E-state index in [9.17, 15) is 0 Å². The fraction of sp³-hybridized carbons (Fsp3) is 1.00. The van der Waals surface area contributed by atoms with E-state index in [-0.39, 0.29) is 0 Å². The highest BCUT2D eigenvalue weighted by Crippen LogP contribution is 2.04. The number of hydrogen-bond donors (Lipinski definition) is 1. The summed E-state index contributed by atoms with van der Waals surface area (Å²) in [6.07, 6.45) is 8.49. The molecule has 2 fully saturated rings. The van der Waals surface area contributed by atoms with Gasteiger partial charge in [-0.2, -0.15) is 0 Å². The van der Waals surface area contributed by atoms with Crippen molar-refractivity contribution in [1.29, 1.82) is 0 Å². The highest BCUT2D eigenvalue weighted by atomic mass is 15.1. The molecule has 0 aromatic rings. The fourth-order valence-electron chi connectivity index (χ4n) is 1.85.